The molecule has 5 heterocycles. The Bertz CT molecular complexity index is 2390. The van der Waals surface area contributed by atoms with Crippen molar-refractivity contribution in [3.63, 3.8) is 0 Å². The largest absolute Gasteiger partial charge is 0.419 e. The summed E-state index contributed by atoms with van der Waals surface area (Å²) in [5.74, 6) is -0.989. The number of alkyl halides is 3. The Morgan fingerprint density at radius 2 is 1.80 bits per heavy atom. The molecule has 0 aliphatic carbocycles. The number of carbonyl (C=O) groups is 2. The minimum atomic E-state index is -4.54. The highest BCUT2D eigenvalue weighted by atomic mass is 32.2. The number of sulfonamides is 1. The first-order valence-corrected chi connectivity index (χ1v) is 19.7. The van der Waals surface area contributed by atoms with Crippen LogP contribution in [0, 0.1) is 11.3 Å². The van der Waals surface area contributed by atoms with Gasteiger partial charge in [0.1, 0.15) is 0 Å². The lowest BCUT2D eigenvalue weighted by molar-refractivity contribution is -0.138. The molecule has 13 nitrogen and oxygen atoms in total. The molecule has 292 valence electrons. The van der Waals surface area contributed by atoms with Crippen molar-refractivity contribution in [3.05, 3.63) is 88.4 Å². The quantitative estimate of drug-likeness (QED) is 0.215. The fourth-order valence-electron chi connectivity index (χ4n) is 7.52. The standard InChI is InChI=1S/C39H40F3N9O4S/c1-24(23-50-13-9-25(10-14-50)26-4-6-32-34(19-26)49(2)48-36(32)33-7-8-35(52)47-37(33)53)17-28-18-31(5-3-27(28)20-43)56(54,55)51-15-11-30(12-16-51)46-38-44-21-29(22-45-38)39(40,41)42/h3-6,9,17-19,21-22,30,33H,7-8,10-16,23H2,1-2H3,(H,44,45,46)(H,47,52,53)/b24-17+. The summed E-state index contributed by atoms with van der Waals surface area (Å²) in [4.78, 5) is 34.1. The summed E-state index contributed by atoms with van der Waals surface area (Å²) >= 11 is 0. The summed E-state index contributed by atoms with van der Waals surface area (Å²) in [7, 11) is -2.04. The van der Waals surface area contributed by atoms with E-state index < -0.39 is 27.7 Å². The van der Waals surface area contributed by atoms with E-state index in [0.717, 1.165) is 35.0 Å². The van der Waals surface area contributed by atoms with Crippen molar-refractivity contribution in [2.24, 2.45) is 7.05 Å². The number of benzene rings is 2. The van der Waals surface area contributed by atoms with Gasteiger partial charge < -0.3 is 5.32 Å². The zero-order valence-corrected chi connectivity index (χ0v) is 31.6. The number of fused-ring (bicyclic) bond motifs is 1. The lowest BCUT2D eigenvalue weighted by atomic mass is 9.91. The van der Waals surface area contributed by atoms with Gasteiger partial charge in [0, 0.05) is 70.0 Å². The topological polar surface area (TPSA) is 166 Å². The number of nitrogens with zero attached hydrogens (tertiary/aromatic N) is 7. The first-order chi connectivity index (χ1) is 26.7. The number of halogens is 3. The zero-order valence-electron chi connectivity index (χ0n) is 30.8. The first kappa shape index (κ1) is 38.8. The Morgan fingerprint density at radius 1 is 1.05 bits per heavy atom. The third-order valence-corrected chi connectivity index (χ3v) is 12.4. The van der Waals surface area contributed by atoms with Crippen LogP contribution in [0.15, 0.2) is 65.3 Å². The minimum Gasteiger partial charge on any atom is -0.351 e. The second kappa shape index (κ2) is 15.6. The summed E-state index contributed by atoms with van der Waals surface area (Å²) in [5.41, 5.74) is 4.75. The highest BCUT2D eigenvalue weighted by molar-refractivity contribution is 7.89. The van der Waals surface area contributed by atoms with Gasteiger partial charge in [0.15, 0.2) is 0 Å². The van der Waals surface area contributed by atoms with E-state index in [1.807, 2.05) is 32.2 Å². The first-order valence-electron chi connectivity index (χ1n) is 18.3. The fraction of sp³-hybridized carbons (Fsp3) is 0.385. The van der Waals surface area contributed by atoms with E-state index in [1.54, 1.807) is 4.68 Å². The van der Waals surface area contributed by atoms with Crippen LogP contribution < -0.4 is 10.6 Å². The number of aryl methyl sites for hydroxylation is 1. The van der Waals surface area contributed by atoms with Gasteiger partial charge in [-0.25, -0.2) is 18.4 Å². The molecule has 2 N–H and O–H groups in total. The third kappa shape index (κ3) is 8.23. The molecule has 7 rings (SSSR count). The second-order valence-electron chi connectivity index (χ2n) is 14.4. The minimum absolute atomic E-state index is 0.0466. The Morgan fingerprint density at radius 3 is 2.46 bits per heavy atom. The van der Waals surface area contributed by atoms with Crippen molar-refractivity contribution in [2.45, 2.75) is 62.1 Å². The van der Waals surface area contributed by atoms with Crippen LogP contribution in [0.5, 0.6) is 0 Å². The van der Waals surface area contributed by atoms with E-state index in [0.29, 0.717) is 61.6 Å². The van der Waals surface area contributed by atoms with Gasteiger partial charge in [-0.15, -0.1) is 0 Å². The zero-order chi connectivity index (χ0) is 39.8. The van der Waals surface area contributed by atoms with Gasteiger partial charge in [0.2, 0.25) is 27.8 Å². The summed E-state index contributed by atoms with van der Waals surface area (Å²) in [6.07, 6.45) is 3.27. The monoisotopic (exact) mass is 787 g/mol. The van der Waals surface area contributed by atoms with Crippen molar-refractivity contribution < 1.29 is 31.2 Å². The highest BCUT2D eigenvalue weighted by Crippen LogP contribution is 2.33. The molecular weight excluding hydrogens is 748 g/mol. The molecule has 2 aromatic heterocycles. The maximum atomic E-state index is 13.7. The molecule has 4 aromatic rings. The van der Waals surface area contributed by atoms with Gasteiger partial charge in [-0.2, -0.15) is 27.8 Å². The van der Waals surface area contributed by atoms with Crippen molar-refractivity contribution >= 4 is 50.3 Å². The summed E-state index contributed by atoms with van der Waals surface area (Å²) in [6.45, 7) is 4.43. The highest BCUT2D eigenvalue weighted by Gasteiger charge is 2.34. The van der Waals surface area contributed by atoms with Crippen LogP contribution in [-0.2, 0) is 32.8 Å². The number of anilines is 1. The van der Waals surface area contributed by atoms with Crippen molar-refractivity contribution in [1.29, 1.82) is 5.26 Å². The predicted octanol–water partition coefficient (Wildman–Crippen LogP) is 5.23. The molecule has 2 saturated heterocycles. The molecular formula is C39H40F3N9O4S. The molecule has 2 amide bonds. The molecule has 0 saturated carbocycles. The van der Waals surface area contributed by atoms with Gasteiger partial charge >= 0.3 is 6.18 Å². The van der Waals surface area contributed by atoms with Crippen LogP contribution in [0.2, 0.25) is 0 Å². The van der Waals surface area contributed by atoms with Crippen LogP contribution in [0.25, 0.3) is 22.6 Å². The van der Waals surface area contributed by atoms with E-state index in [-0.39, 0.29) is 48.2 Å². The van der Waals surface area contributed by atoms with Crippen molar-refractivity contribution in [1.82, 2.24) is 34.3 Å². The summed E-state index contributed by atoms with van der Waals surface area (Å²) < 4.78 is 69.1. The molecule has 0 bridgehead atoms. The predicted molar refractivity (Wildman–Crippen MR) is 202 cm³/mol. The Hall–Kier alpha value is -5.44. The van der Waals surface area contributed by atoms with Crippen molar-refractivity contribution in [2.75, 3.05) is 38.0 Å². The number of piperidine rings is 2. The molecule has 0 radical (unpaired) electrons. The summed E-state index contributed by atoms with van der Waals surface area (Å²) in [6, 6.07) is 12.6. The summed E-state index contributed by atoms with van der Waals surface area (Å²) in [5, 5.41) is 20.8. The lowest BCUT2D eigenvalue weighted by Gasteiger charge is -2.31. The van der Waals surface area contributed by atoms with Gasteiger partial charge in [0.05, 0.1) is 39.2 Å². The van der Waals surface area contributed by atoms with Crippen LogP contribution in [0.4, 0.5) is 19.1 Å². The Balaban J connectivity index is 0.977. The average Bonchev–Trinajstić information content (AvgIpc) is 3.50. The molecule has 1 unspecified atom stereocenters. The van der Waals surface area contributed by atoms with Crippen LogP contribution in [-0.4, -0.2) is 88.0 Å². The molecule has 17 heteroatoms. The molecule has 0 spiro atoms. The van der Waals surface area contributed by atoms with Crippen LogP contribution in [0.3, 0.4) is 0 Å². The number of hydrogen-bond acceptors (Lipinski definition) is 10. The van der Waals surface area contributed by atoms with E-state index in [4.69, 9.17) is 0 Å². The average molecular weight is 788 g/mol. The fourth-order valence-corrected chi connectivity index (χ4v) is 9.03. The van der Waals surface area contributed by atoms with E-state index >= 15 is 0 Å². The maximum Gasteiger partial charge on any atom is 0.419 e. The van der Waals surface area contributed by atoms with Crippen LogP contribution in [0.1, 0.15) is 72.9 Å². The second-order valence-corrected chi connectivity index (χ2v) is 16.4. The Labute approximate surface area is 321 Å². The van der Waals surface area contributed by atoms with Gasteiger partial charge in [0.25, 0.3) is 0 Å². The number of hydrogen-bond donors (Lipinski definition) is 2. The van der Waals surface area contributed by atoms with Gasteiger partial charge in [-0.05, 0) is 73.6 Å². The lowest BCUT2D eigenvalue weighted by Crippen LogP contribution is -2.42. The van der Waals surface area contributed by atoms with E-state index in [1.165, 1.54) is 28.1 Å². The normalized spacial score (nSPS) is 19.5. The van der Waals surface area contributed by atoms with E-state index in [2.05, 4.69) is 48.8 Å². The van der Waals surface area contributed by atoms with Gasteiger partial charge in [-0.1, -0.05) is 29.9 Å². The smallest absolute Gasteiger partial charge is 0.351 e. The number of imide groups is 1. The molecule has 2 aromatic carbocycles. The Kier molecular flexibility index (Phi) is 10.8. The van der Waals surface area contributed by atoms with Gasteiger partial charge in [-0.3, -0.25) is 24.5 Å². The molecule has 1 atom stereocenters. The number of amides is 2. The van der Waals surface area contributed by atoms with E-state index in [9.17, 15) is 36.4 Å². The number of carbonyl (C=O) groups excluding carboxylic acids is 2. The van der Waals surface area contributed by atoms with Crippen LogP contribution >= 0.6 is 0 Å². The molecule has 3 aliphatic heterocycles. The van der Waals surface area contributed by atoms with Crippen molar-refractivity contribution in [3.8, 4) is 6.07 Å². The third-order valence-electron chi connectivity index (χ3n) is 10.5. The number of rotatable bonds is 9. The number of aromatic nitrogens is 4. The maximum absolute atomic E-state index is 13.7. The molecule has 56 heavy (non-hydrogen) atoms. The number of nitrogens with one attached hydrogen (secondary N) is 2. The molecule has 3 aliphatic rings. The SMILES string of the molecule is C/C(=C\c1cc(S(=O)(=O)N2CCC(Nc3ncc(C(F)(F)F)cn3)CC2)ccc1C#N)CN1CC=C(c2ccc3c(C4CCC(=O)NC4=O)nn(C)c3c2)CC1. The number of nitriles is 1. The molecule has 2 fully saturated rings.